The second-order valence-corrected chi connectivity index (χ2v) is 12.1. The summed E-state index contributed by atoms with van der Waals surface area (Å²) in [6.45, 7) is 2.24. The molecule has 3 heterocycles. The second-order valence-electron chi connectivity index (χ2n) is 11.7. The van der Waals surface area contributed by atoms with Gasteiger partial charge in [-0.1, -0.05) is 90.4 Å². The number of fused-ring (bicyclic) bond motifs is 1. The lowest BCUT2D eigenvalue weighted by molar-refractivity contribution is -0.155. The predicted octanol–water partition coefficient (Wildman–Crippen LogP) is 5.94. The average Bonchev–Trinajstić information content (AvgIpc) is 3.70. The zero-order chi connectivity index (χ0) is 29.2. The van der Waals surface area contributed by atoms with E-state index in [1.165, 1.54) is 64.8 Å². The van der Waals surface area contributed by atoms with Crippen LogP contribution >= 0.6 is 11.6 Å². The number of aliphatic hydroxyl groups is 2. The minimum atomic E-state index is -1.29. The monoisotopic (exact) mass is 593 g/mol. The number of carbonyl (C=O) groups is 1. The highest BCUT2D eigenvalue weighted by Gasteiger charge is 2.49. The molecular weight excluding hydrogens is 546 g/mol. The first-order valence-electron chi connectivity index (χ1n) is 15.7. The largest absolute Gasteiger partial charge is 0.469 e. The number of esters is 1. The van der Waals surface area contributed by atoms with Crippen molar-refractivity contribution in [2.24, 2.45) is 5.92 Å². The van der Waals surface area contributed by atoms with Gasteiger partial charge < -0.3 is 25.0 Å². The first-order valence-corrected chi connectivity index (χ1v) is 16.1. The fraction of sp³-hybridized carbons (Fsp3) is 0.800. The first kappa shape index (κ1) is 31.9. The van der Waals surface area contributed by atoms with Crippen LogP contribution < -0.4 is 5.32 Å². The van der Waals surface area contributed by atoms with Gasteiger partial charge in [-0.05, 0) is 30.9 Å². The molecule has 2 fully saturated rings. The van der Waals surface area contributed by atoms with Crippen molar-refractivity contribution in [2.45, 2.75) is 140 Å². The number of aromatic nitrogens is 4. The van der Waals surface area contributed by atoms with Crippen molar-refractivity contribution in [3.8, 4) is 0 Å². The molecule has 230 valence electrons. The third-order valence-electron chi connectivity index (χ3n) is 8.66. The fourth-order valence-electron chi connectivity index (χ4n) is 6.28. The van der Waals surface area contributed by atoms with Gasteiger partial charge in [0, 0.05) is 6.04 Å². The van der Waals surface area contributed by atoms with Gasteiger partial charge in [-0.15, -0.1) is 0 Å². The van der Waals surface area contributed by atoms with Gasteiger partial charge in [0.15, 0.2) is 23.2 Å². The molecule has 0 amide bonds. The maximum absolute atomic E-state index is 12.8. The van der Waals surface area contributed by atoms with Gasteiger partial charge in [-0.25, -0.2) is 4.98 Å². The summed E-state index contributed by atoms with van der Waals surface area (Å²) in [5.41, 5.74) is 0.905. The van der Waals surface area contributed by atoms with Crippen LogP contribution in [0.3, 0.4) is 0 Å². The van der Waals surface area contributed by atoms with Crippen LogP contribution in [-0.2, 0) is 14.3 Å². The summed E-state index contributed by atoms with van der Waals surface area (Å²) in [5, 5.41) is 25.5. The standard InChI is InChI=1S/C30H48ClN5O5/c1-3-4-5-6-7-8-9-10-11-12-13-18-21(29(39)40-2)25-23(37)24(38)28(41-25)36-19-32-22-26(33-20-16-14-15-17-20)34-30(31)35-27(22)36/h19-21,23-25,28,37-38H,3-18H2,1-2H3,(H,33,34,35)/t21?,23-,24+,25+,28+/m0/s1. The van der Waals surface area contributed by atoms with Gasteiger partial charge in [-0.3, -0.25) is 9.36 Å². The van der Waals surface area contributed by atoms with Crippen molar-refractivity contribution in [3.63, 3.8) is 0 Å². The molecule has 41 heavy (non-hydrogen) atoms. The highest BCUT2D eigenvalue weighted by Crippen LogP contribution is 2.37. The quantitative estimate of drug-likeness (QED) is 0.116. The molecule has 0 bridgehead atoms. The number of ether oxygens (including phenoxy) is 2. The van der Waals surface area contributed by atoms with Crippen molar-refractivity contribution >= 4 is 34.6 Å². The van der Waals surface area contributed by atoms with Crippen molar-refractivity contribution in [3.05, 3.63) is 11.6 Å². The third kappa shape index (κ3) is 8.30. The molecule has 2 aliphatic rings. The molecule has 0 aromatic carbocycles. The highest BCUT2D eigenvalue weighted by atomic mass is 35.5. The number of carbonyl (C=O) groups excluding carboxylic acids is 1. The molecule has 1 aliphatic heterocycles. The van der Waals surface area contributed by atoms with Crippen LogP contribution in [0.2, 0.25) is 5.28 Å². The zero-order valence-corrected chi connectivity index (χ0v) is 25.4. The van der Waals surface area contributed by atoms with E-state index in [9.17, 15) is 15.0 Å². The number of aliphatic hydroxyl groups excluding tert-OH is 2. The van der Waals surface area contributed by atoms with Crippen molar-refractivity contribution < 1.29 is 24.5 Å². The van der Waals surface area contributed by atoms with Crippen molar-refractivity contribution in [1.29, 1.82) is 0 Å². The molecule has 5 atom stereocenters. The number of anilines is 1. The van der Waals surface area contributed by atoms with Gasteiger partial charge in [-0.2, -0.15) is 9.97 Å². The Morgan fingerprint density at radius 1 is 1.05 bits per heavy atom. The summed E-state index contributed by atoms with van der Waals surface area (Å²) in [7, 11) is 1.34. The second kappa shape index (κ2) is 16.0. The molecular formula is C30H48ClN5O5. The number of halogens is 1. The van der Waals surface area contributed by atoms with E-state index in [2.05, 4.69) is 27.2 Å². The lowest BCUT2D eigenvalue weighted by atomic mass is 9.91. The van der Waals surface area contributed by atoms with Crippen LogP contribution in [0.15, 0.2) is 6.33 Å². The van der Waals surface area contributed by atoms with Crippen LogP contribution in [0.5, 0.6) is 0 Å². The minimum absolute atomic E-state index is 0.0493. The number of rotatable bonds is 17. The maximum Gasteiger partial charge on any atom is 0.311 e. The molecule has 4 rings (SSSR count). The van der Waals surface area contributed by atoms with E-state index in [0.29, 0.717) is 29.4 Å². The van der Waals surface area contributed by atoms with Crippen LogP contribution in [-0.4, -0.2) is 67.2 Å². The molecule has 1 unspecified atom stereocenters. The van der Waals surface area contributed by atoms with Gasteiger partial charge in [0.05, 0.1) is 19.4 Å². The molecule has 11 heteroatoms. The van der Waals surface area contributed by atoms with Gasteiger partial charge >= 0.3 is 5.97 Å². The number of methoxy groups -OCH3 is 1. The minimum Gasteiger partial charge on any atom is -0.469 e. The zero-order valence-electron chi connectivity index (χ0n) is 24.6. The lowest BCUT2D eigenvalue weighted by Crippen LogP contribution is -2.39. The number of imidazole rings is 1. The number of unbranched alkanes of at least 4 members (excludes halogenated alkanes) is 10. The van der Waals surface area contributed by atoms with Gasteiger partial charge in [0.25, 0.3) is 0 Å². The third-order valence-corrected chi connectivity index (χ3v) is 8.83. The van der Waals surface area contributed by atoms with Crippen LogP contribution in [0.4, 0.5) is 5.82 Å². The smallest absolute Gasteiger partial charge is 0.311 e. The molecule has 1 aliphatic carbocycles. The Balaban J connectivity index is 1.35. The van der Waals surface area contributed by atoms with Crippen LogP contribution in [0.1, 0.15) is 116 Å². The van der Waals surface area contributed by atoms with E-state index >= 15 is 0 Å². The summed E-state index contributed by atoms with van der Waals surface area (Å²) in [6, 6.07) is 0.296. The van der Waals surface area contributed by atoms with E-state index in [1.54, 1.807) is 4.57 Å². The van der Waals surface area contributed by atoms with E-state index in [4.69, 9.17) is 21.1 Å². The first-order chi connectivity index (χ1) is 19.9. The van der Waals surface area contributed by atoms with Gasteiger partial charge in [0.1, 0.15) is 18.3 Å². The Kier molecular flexibility index (Phi) is 12.5. The van der Waals surface area contributed by atoms with Gasteiger partial charge in [0.2, 0.25) is 5.28 Å². The van der Waals surface area contributed by atoms with Crippen LogP contribution in [0, 0.1) is 5.92 Å². The van der Waals surface area contributed by atoms with Crippen molar-refractivity contribution in [2.75, 3.05) is 12.4 Å². The van der Waals surface area contributed by atoms with E-state index in [0.717, 1.165) is 44.9 Å². The maximum atomic E-state index is 12.8. The summed E-state index contributed by atoms with van der Waals surface area (Å²) >= 11 is 6.27. The Labute approximate surface area is 248 Å². The van der Waals surface area contributed by atoms with Crippen molar-refractivity contribution in [1.82, 2.24) is 19.5 Å². The van der Waals surface area contributed by atoms with E-state index in [-0.39, 0.29) is 5.28 Å². The Morgan fingerprint density at radius 3 is 2.32 bits per heavy atom. The summed E-state index contributed by atoms with van der Waals surface area (Å²) in [4.78, 5) is 26.0. The average molecular weight is 594 g/mol. The Morgan fingerprint density at radius 2 is 1.68 bits per heavy atom. The van der Waals surface area contributed by atoms with Crippen LogP contribution in [0.25, 0.3) is 11.2 Å². The normalized spacial score (nSPS) is 23.8. The fourth-order valence-corrected chi connectivity index (χ4v) is 6.45. The molecule has 2 aromatic heterocycles. The summed E-state index contributed by atoms with van der Waals surface area (Å²) in [6.07, 6.45) is 15.2. The molecule has 0 spiro atoms. The van der Waals surface area contributed by atoms with E-state index < -0.39 is 36.4 Å². The predicted molar refractivity (Wildman–Crippen MR) is 159 cm³/mol. The number of hydrogen-bond donors (Lipinski definition) is 3. The number of nitrogens with zero attached hydrogens (tertiary/aromatic N) is 4. The SMILES string of the molecule is CCCCCCCCCCCCCC(C(=O)OC)[C@H]1O[C@@H](n2cnc3c(NC4CCCC4)nc(Cl)nc32)[C@H](O)[C@@H]1O. The molecule has 3 N–H and O–H groups in total. The summed E-state index contributed by atoms with van der Waals surface area (Å²) in [5.74, 6) is -0.599. The number of nitrogens with one attached hydrogen (secondary N) is 1. The molecule has 0 radical (unpaired) electrons. The molecule has 10 nitrogen and oxygen atoms in total. The Bertz CT molecular complexity index is 1090. The molecule has 1 saturated carbocycles. The topological polar surface area (TPSA) is 132 Å². The molecule has 2 aromatic rings. The van der Waals surface area contributed by atoms with E-state index in [1.807, 2.05) is 0 Å². The Hall–Kier alpha value is -2.01. The molecule has 1 saturated heterocycles. The summed E-state index contributed by atoms with van der Waals surface area (Å²) < 4.78 is 12.8. The highest BCUT2D eigenvalue weighted by molar-refractivity contribution is 6.28. The lowest BCUT2D eigenvalue weighted by Gasteiger charge is -2.23. The number of hydrogen-bond acceptors (Lipinski definition) is 9.